The van der Waals surface area contributed by atoms with Crippen LogP contribution < -0.4 is 10.5 Å². The first kappa shape index (κ1) is 12.7. The van der Waals surface area contributed by atoms with Crippen LogP contribution in [-0.4, -0.2) is 6.61 Å². The van der Waals surface area contributed by atoms with Crippen LogP contribution in [0.15, 0.2) is 46.9 Å². The molecule has 0 aromatic heterocycles. The van der Waals surface area contributed by atoms with Crippen molar-refractivity contribution in [2.24, 2.45) is 5.73 Å². The molecule has 2 aromatic carbocycles. The number of nitrogens with two attached hydrogens (primary N) is 1. The van der Waals surface area contributed by atoms with Gasteiger partial charge in [0, 0.05) is 18.0 Å². The molecule has 3 rings (SSSR count). The molecule has 19 heavy (non-hydrogen) atoms. The van der Waals surface area contributed by atoms with Crippen LogP contribution in [0, 0.1) is 0 Å². The molecule has 1 aliphatic carbocycles. The fourth-order valence-electron chi connectivity index (χ4n) is 2.57. The molecule has 1 atom stereocenters. The third kappa shape index (κ3) is 2.40. The second kappa shape index (κ2) is 5.35. The molecule has 2 nitrogen and oxygen atoms in total. The molecule has 2 aromatic rings. The number of ether oxygens (including phenoxy) is 1. The minimum atomic E-state index is 0.496. The summed E-state index contributed by atoms with van der Waals surface area (Å²) in [6, 6.07) is 14.5. The fourth-order valence-corrected chi connectivity index (χ4v) is 3.09. The van der Waals surface area contributed by atoms with E-state index < -0.39 is 0 Å². The molecule has 0 fully saturated rings. The smallest absolute Gasteiger partial charge is 0.137 e. The second-order valence-corrected chi connectivity index (χ2v) is 5.70. The van der Waals surface area contributed by atoms with Crippen LogP contribution in [0.2, 0.25) is 0 Å². The Balaban J connectivity index is 1.72. The maximum absolute atomic E-state index is 5.99. The SMILES string of the molecule is NCc1cccc(Br)c1OCC1Cc2ccccc21. The summed E-state index contributed by atoms with van der Waals surface area (Å²) < 4.78 is 6.97. The number of halogens is 1. The van der Waals surface area contributed by atoms with Crippen molar-refractivity contribution in [3.8, 4) is 5.75 Å². The summed E-state index contributed by atoms with van der Waals surface area (Å²) in [5.74, 6) is 1.39. The summed E-state index contributed by atoms with van der Waals surface area (Å²) in [5, 5.41) is 0. The van der Waals surface area contributed by atoms with Gasteiger partial charge in [-0.1, -0.05) is 36.4 Å². The molecule has 0 saturated carbocycles. The van der Waals surface area contributed by atoms with Crippen LogP contribution in [0.4, 0.5) is 0 Å². The number of rotatable bonds is 4. The highest BCUT2D eigenvalue weighted by Gasteiger charge is 2.26. The lowest BCUT2D eigenvalue weighted by atomic mass is 9.78. The van der Waals surface area contributed by atoms with Crippen LogP contribution in [0.5, 0.6) is 5.75 Å². The van der Waals surface area contributed by atoms with Crippen LogP contribution >= 0.6 is 15.9 Å². The molecule has 0 amide bonds. The highest BCUT2D eigenvalue weighted by atomic mass is 79.9. The average molecular weight is 318 g/mol. The van der Waals surface area contributed by atoms with Gasteiger partial charge in [-0.25, -0.2) is 0 Å². The monoisotopic (exact) mass is 317 g/mol. The van der Waals surface area contributed by atoms with E-state index in [1.54, 1.807) is 0 Å². The van der Waals surface area contributed by atoms with Gasteiger partial charge in [-0.15, -0.1) is 0 Å². The lowest BCUT2D eigenvalue weighted by molar-refractivity contribution is 0.271. The maximum Gasteiger partial charge on any atom is 0.137 e. The van der Waals surface area contributed by atoms with Gasteiger partial charge in [-0.05, 0) is 39.5 Å². The lowest BCUT2D eigenvalue weighted by Crippen LogP contribution is -2.23. The largest absolute Gasteiger partial charge is 0.491 e. The number of fused-ring (bicyclic) bond motifs is 1. The Labute approximate surface area is 121 Å². The average Bonchev–Trinajstić information content (AvgIpc) is 2.41. The van der Waals surface area contributed by atoms with Crippen LogP contribution in [0.3, 0.4) is 0 Å². The summed E-state index contributed by atoms with van der Waals surface area (Å²) in [7, 11) is 0. The molecule has 2 N–H and O–H groups in total. The zero-order valence-electron chi connectivity index (χ0n) is 10.6. The topological polar surface area (TPSA) is 35.2 Å². The first-order valence-electron chi connectivity index (χ1n) is 6.47. The zero-order chi connectivity index (χ0) is 13.2. The molecule has 0 bridgehead atoms. The Morgan fingerprint density at radius 1 is 1.16 bits per heavy atom. The highest BCUT2D eigenvalue weighted by molar-refractivity contribution is 9.10. The van der Waals surface area contributed by atoms with Gasteiger partial charge in [0.15, 0.2) is 0 Å². The van der Waals surface area contributed by atoms with Gasteiger partial charge < -0.3 is 10.5 Å². The quantitative estimate of drug-likeness (QED) is 0.934. The lowest BCUT2D eigenvalue weighted by Gasteiger charge is -2.30. The van der Waals surface area contributed by atoms with E-state index in [4.69, 9.17) is 10.5 Å². The van der Waals surface area contributed by atoms with E-state index in [0.29, 0.717) is 19.1 Å². The van der Waals surface area contributed by atoms with E-state index in [1.165, 1.54) is 11.1 Å². The molecule has 1 unspecified atom stereocenters. The van der Waals surface area contributed by atoms with Gasteiger partial charge in [0.1, 0.15) is 5.75 Å². The van der Waals surface area contributed by atoms with Crippen molar-refractivity contribution in [3.63, 3.8) is 0 Å². The molecule has 3 heteroatoms. The Hall–Kier alpha value is -1.32. The molecule has 0 aliphatic heterocycles. The van der Waals surface area contributed by atoms with Gasteiger partial charge in [0.25, 0.3) is 0 Å². The van der Waals surface area contributed by atoms with Gasteiger partial charge >= 0.3 is 0 Å². The molecule has 0 heterocycles. The predicted molar refractivity (Wildman–Crippen MR) is 80.4 cm³/mol. The second-order valence-electron chi connectivity index (χ2n) is 4.84. The van der Waals surface area contributed by atoms with Crippen molar-refractivity contribution in [2.45, 2.75) is 18.9 Å². The molecular weight excluding hydrogens is 302 g/mol. The molecule has 0 saturated heterocycles. The highest BCUT2D eigenvalue weighted by Crippen LogP contribution is 2.36. The van der Waals surface area contributed by atoms with E-state index in [1.807, 2.05) is 18.2 Å². The molecule has 1 aliphatic rings. The molecule has 0 spiro atoms. The molecular formula is C16H16BrNO. The van der Waals surface area contributed by atoms with E-state index in [0.717, 1.165) is 22.2 Å². The number of benzene rings is 2. The maximum atomic E-state index is 5.99. The zero-order valence-corrected chi connectivity index (χ0v) is 12.2. The third-order valence-corrected chi connectivity index (χ3v) is 4.28. The van der Waals surface area contributed by atoms with E-state index in [2.05, 4.69) is 40.2 Å². The third-order valence-electron chi connectivity index (χ3n) is 3.66. The Kier molecular flexibility index (Phi) is 3.58. The van der Waals surface area contributed by atoms with Crippen molar-refractivity contribution in [3.05, 3.63) is 63.6 Å². The standard InChI is InChI=1S/C16H16BrNO/c17-15-7-3-5-12(9-18)16(15)19-10-13-8-11-4-1-2-6-14(11)13/h1-7,13H,8-10,18H2. The van der Waals surface area contributed by atoms with Crippen molar-refractivity contribution >= 4 is 15.9 Å². The summed E-state index contributed by atoms with van der Waals surface area (Å²) in [6.45, 7) is 1.21. The van der Waals surface area contributed by atoms with Crippen LogP contribution in [0.1, 0.15) is 22.6 Å². The van der Waals surface area contributed by atoms with Gasteiger partial charge in [0.2, 0.25) is 0 Å². The van der Waals surface area contributed by atoms with Crippen molar-refractivity contribution < 1.29 is 4.74 Å². The van der Waals surface area contributed by atoms with Gasteiger partial charge in [-0.2, -0.15) is 0 Å². The minimum Gasteiger partial charge on any atom is -0.491 e. The van der Waals surface area contributed by atoms with E-state index in [-0.39, 0.29) is 0 Å². The predicted octanol–water partition coefficient (Wildman–Crippen LogP) is 3.63. The summed E-state index contributed by atoms with van der Waals surface area (Å²) in [4.78, 5) is 0. The summed E-state index contributed by atoms with van der Waals surface area (Å²) >= 11 is 3.53. The first-order valence-corrected chi connectivity index (χ1v) is 7.27. The summed E-state index contributed by atoms with van der Waals surface area (Å²) in [5.41, 5.74) is 9.66. The Morgan fingerprint density at radius 2 is 2.00 bits per heavy atom. The van der Waals surface area contributed by atoms with Gasteiger partial charge in [0.05, 0.1) is 11.1 Å². The number of para-hydroxylation sites is 1. The normalized spacial score (nSPS) is 16.6. The summed E-state index contributed by atoms with van der Waals surface area (Å²) in [6.07, 6.45) is 1.11. The number of hydrogen-bond donors (Lipinski definition) is 1. The Morgan fingerprint density at radius 3 is 2.79 bits per heavy atom. The Bertz CT molecular complexity index is 597. The van der Waals surface area contributed by atoms with Crippen LogP contribution in [-0.2, 0) is 13.0 Å². The van der Waals surface area contributed by atoms with Gasteiger partial charge in [-0.3, -0.25) is 0 Å². The number of hydrogen-bond acceptors (Lipinski definition) is 2. The molecule has 98 valence electrons. The van der Waals surface area contributed by atoms with E-state index >= 15 is 0 Å². The van der Waals surface area contributed by atoms with Crippen LogP contribution in [0.25, 0.3) is 0 Å². The molecule has 0 radical (unpaired) electrons. The van der Waals surface area contributed by atoms with Crippen molar-refractivity contribution in [1.29, 1.82) is 0 Å². The van der Waals surface area contributed by atoms with Crippen molar-refractivity contribution in [1.82, 2.24) is 0 Å². The fraction of sp³-hybridized carbons (Fsp3) is 0.250. The van der Waals surface area contributed by atoms with E-state index in [9.17, 15) is 0 Å². The first-order chi connectivity index (χ1) is 9.29. The minimum absolute atomic E-state index is 0.496. The van der Waals surface area contributed by atoms with Crippen molar-refractivity contribution in [2.75, 3.05) is 6.61 Å².